The van der Waals surface area contributed by atoms with Crippen LogP contribution in [-0.4, -0.2) is 43.4 Å². The van der Waals surface area contributed by atoms with E-state index in [0.29, 0.717) is 16.6 Å². The van der Waals surface area contributed by atoms with Gasteiger partial charge in [0.25, 0.3) is 0 Å². The third-order valence-corrected chi connectivity index (χ3v) is 3.88. The topological polar surface area (TPSA) is 32.7 Å². The van der Waals surface area contributed by atoms with Gasteiger partial charge in [-0.05, 0) is 49.5 Å². The Morgan fingerprint density at radius 1 is 0.913 bits per heavy atom. The molecule has 2 rings (SSSR count). The number of nitrogens with zero attached hydrogens (tertiary/aromatic N) is 1. The van der Waals surface area contributed by atoms with Crippen molar-refractivity contribution in [1.82, 2.24) is 4.90 Å². The highest BCUT2D eigenvalue weighted by atomic mass is 35.5. The maximum Gasteiger partial charge on any atom is 0.108 e. The van der Waals surface area contributed by atoms with E-state index >= 15 is 0 Å². The molecule has 5 heteroatoms. The van der Waals surface area contributed by atoms with Crippen LogP contribution in [0.1, 0.15) is 17.2 Å². The molecule has 0 aliphatic rings. The Hall–Kier alpha value is -1.10. The number of hydrogen-bond donors (Lipinski definition) is 1. The van der Waals surface area contributed by atoms with Crippen LogP contribution < -0.4 is 0 Å². The summed E-state index contributed by atoms with van der Waals surface area (Å²) in [4.78, 5) is 1.92. The second-order valence-corrected chi connectivity index (χ2v) is 6.61. The van der Waals surface area contributed by atoms with Crippen LogP contribution in [0.25, 0.3) is 0 Å². The fraction of sp³-hybridized carbons (Fsp3) is 0.333. The molecule has 2 aromatic carbocycles. The highest BCUT2D eigenvalue weighted by molar-refractivity contribution is 6.30. The molecule has 0 spiro atoms. The predicted octanol–water partition coefficient (Wildman–Crippen LogP) is 4.02. The molecule has 3 nitrogen and oxygen atoms in total. The zero-order valence-corrected chi connectivity index (χ0v) is 14.8. The molecule has 0 saturated heterocycles. The summed E-state index contributed by atoms with van der Waals surface area (Å²) in [7, 11) is 3.83. The van der Waals surface area contributed by atoms with E-state index in [4.69, 9.17) is 27.9 Å². The van der Waals surface area contributed by atoms with Gasteiger partial charge in [0.05, 0.1) is 12.7 Å². The molecule has 1 atom stereocenters. The molecule has 0 saturated carbocycles. The second-order valence-electron chi connectivity index (χ2n) is 5.73. The third-order valence-electron chi connectivity index (χ3n) is 3.38. The fourth-order valence-corrected chi connectivity index (χ4v) is 2.59. The predicted molar refractivity (Wildman–Crippen MR) is 95.3 cm³/mol. The molecule has 0 fully saturated rings. The number of halogens is 2. The molecule has 0 unspecified atom stereocenters. The van der Waals surface area contributed by atoms with Crippen LogP contribution in [0.4, 0.5) is 0 Å². The van der Waals surface area contributed by atoms with Crippen LogP contribution in [0.2, 0.25) is 10.0 Å². The van der Waals surface area contributed by atoms with Crippen molar-refractivity contribution in [2.75, 3.05) is 27.2 Å². The summed E-state index contributed by atoms with van der Waals surface area (Å²) >= 11 is 11.9. The number of aliphatic hydroxyl groups is 1. The molecule has 0 radical (unpaired) electrons. The van der Waals surface area contributed by atoms with Gasteiger partial charge in [0.1, 0.15) is 6.10 Å². The number of likely N-dealkylation sites (N-methyl/N-ethyl adjacent to an activating group) is 1. The van der Waals surface area contributed by atoms with Crippen molar-refractivity contribution in [3.8, 4) is 0 Å². The summed E-state index contributed by atoms with van der Waals surface area (Å²) in [6.45, 7) is 0.794. The smallest absolute Gasteiger partial charge is 0.108 e. The second kappa shape index (κ2) is 8.67. The Morgan fingerprint density at radius 2 is 1.35 bits per heavy atom. The van der Waals surface area contributed by atoms with E-state index in [1.807, 2.05) is 67.5 Å². The summed E-state index contributed by atoms with van der Waals surface area (Å²) in [6.07, 6.45) is -0.826. The molecule has 2 aromatic rings. The standard InChI is InChI=1S/C18H21Cl2NO2/c1-21(2)11-17(22)12-23-18(13-3-7-15(19)8-4-13)14-5-9-16(20)10-6-14/h3-10,17-18,22H,11-12H2,1-2H3/t17-/m0/s1. The summed E-state index contributed by atoms with van der Waals surface area (Å²) in [6, 6.07) is 15.1. The number of ether oxygens (including phenoxy) is 1. The van der Waals surface area contributed by atoms with Gasteiger partial charge in [-0.15, -0.1) is 0 Å². The van der Waals surface area contributed by atoms with Crippen molar-refractivity contribution < 1.29 is 9.84 Å². The van der Waals surface area contributed by atoms with E-state index < -0.39 is 6.10 Å². The summed E-state index contributed by atoms with van der Waals surface area (Å²) in [5, 5.41) is 11.4. The van der Waals surface area contributed by atoms with Crippen molar-refractivity contribution in [2.24, 2.45) is 0 Å². The van der Waals surface area contributed by atoms with E-state index in [1.54, 1.807) is 0 Å². The zero-order chi connectivity index (χ0) is 16.8. The van der Waals surface area contributed by atoms with Crippen molar-refractivity contribution in [1.29, 1.82) is 0 Å². The van der Waals surface area contributed by atoms with Gasteiger partial charge in [0, 0.05) is 16.6 Å². The molecule has 0 amide bonds. The zero-order valence-electron chi connectivity index (χ0n) is 13.2. The normalized spacial score (nSPS) is 12.8. The largest absolute Gasteiger partial charge is 0.389 e. The number of rotatable bonds is 7. The Labute approximate surface area is 147 Å². The quantitative estimate of drug-likeness (QED) is 0.815. The Balaban J connectivity index is 2.17. The van der Waals surface area contributed by atoms with E-state index in [2.05, 4.69) is 0 Å². The molecule has 1 N–H and O–H groups in total. The SMILES string of the molecule is CN(C)C[C@H](O)COC(c1ccc(Cl)cc1)c1ccc(Cl)cc1. The lowest BCUT2D eigenvalue weighted by Gasteiger charge is -2.22. The minimum Gasteiger partial charge on any atom is -0.389 e. The molecular weight excluding hydrogens is 333 g/mol. The number of benzene rings is 2. The van der Waals surface area contributed by atoms with Gasteiger partial charge in [-0.25, -0.2) is 0 Å². The van der Waals surface area contributed by atoms with Crippen LogP contribution in [-0.2, 0) is 4.74 Å². The van der Waals surface area contributed by atoms with E-state index in [9.17, 15) is 5.11 Å². The molecule has 0 aliphatic heterocycles. The van der Waals surface area contributed by atoms with Crippen molar-refractivity contribution >= 4 is 23.2 Å². The molecule has 0 aromatic heterocycles. The minimum atomic E-state index is -0.549. The molecule has 0 aliphatic carbocycles. The first-order chi connectivity index (χ1) is 11.0. The molecule has 23 heavy (non-hydrogen) atoms. The Kier molecular flexibility index (Phi) is 6.88. The van der Waals surface area contributed by atoms with Crippen LogP contribution in [0.3, 0.4) is 0 Å². The van der Waals surface area contributed by atoms with Crippen LogP contribution >= 0.6 is 23.2 Å². The molecule has 0 heterocycles. The lowest BCUT2D eigenvalue weighted by Crippen LogP contribution is -2.30. The maximum absolute atomic E-state index is 10.0. The van der Waals surface area contributed by atoms with Crippen molar-refractivity contribution in [2.45, 2.75) is 12.2 Å². The van der Waals surface area contributed by atoms with Gasteiger partial charge in [-0.1, -0.05) is 47.5 Å². The van der Waals surface area contributed by atoms with E-state index in [-0.39, 0.29) is 12.7 Å². The van der Waals surface area contributed by atoms with Crippen LogP contribution in [0.5, 0.6) is 0 Å². The summed E-state index contributed by atoms with van der Waals surface area (Å²) in [5.74, 6) is 0. The summed E-state index contributed by atoms with van der Waals surface area (Å²) in [5.41, 5.74) is 1.96. The van der Waals surface area contributed by atoms with Gasteiger partial charge in [-0.3, -0.25) is 0 Å². The minimum absolute atomic E-state index is 0.244. The molecular formula is C18H21Cl2NO2. The molecule has 124 valence electrons. The number of aliphatic hydroxyl groups excluding tert-OH is 1. The van der Waals surface area contributed by atoms with Crippen LogP contribution in [0, 0.1) is 0 Å². The number of hydrogen-bond acceptors (Lipinski definition) is 3. The average molecular weight is 354 g/mol. The first-order valence-electron chi connectivity index (χ1n) is 7.41. The fourth-order valence-electron chi connectivity index (χ4n) is 2.34. The third kappa shape index (κ3) is 5.79. The van der Waals surface area contributed by atoms with Gasteiger partial charge in [0.15, 0.2) is 0 Å². The Morgan fingerprint density at radius 3 is 1.74 bits per heavy atom. The first kappa shape index (κ1) is 18.2. The van der Waals surface area contributed by atoms with Crippen LogP contribution in [0.15, 0.2) is 48.5 Å². The van der Waals surface area contributed by atoms with Gasteiger partial charge in [0.2, 0.25) is 0 Å². The lowest BCUT2D eigenvalue weighted by atomic mass is 10.0. The molecule has 0 bridgehead atoms. The lowest BCUT2D eigenvalue weighted by molar-refractivity contribution is -0.00300. The van der Waals surface area contributed by atoms with E-state index in [0.717, 1.165) is 11.1 Å². The van der Waals surface area contributed by atoms with Gasteiger partial charge in [-0.2, -0.15) is 0 Å². The average Bonchev–Trinajstić information content (AvgIpc) is 2.50. The van der Waals surface area contributed by atoms with Gasteiger partial charge < -0.3 is 14.7 Å². The van der Waals surface area contributed by atoms with Gasteiger partial charge >= 0.3 is 0 Å². The maximum atomic E-state index is 10.0. The highest BCUT2D eigenvalue weighted by Gasteiger charge is 2.17. The summed E-state index contributed by atoms with van der Waals surface area (Å²) < 4.78 is 5.99. The highest BCUT2D eigenvalue weighted by Crippen LogP contribution is 2.28. The monoisotopic (exact) mass is 353 g/mol. The Bertz CT molecular complexity index is 554. The van der Waals surface area contributed by atoms with Crippen molar-refractivity contribution in [3.63, 3.8) is 0 Å². The van der Waals surface area contributed by atoms with Crippen molar-refractivity contribution in [3.05, 3.63) is 69.7 Å². The first-order valence-corrected chi connectivity index (χ1v) is 8.16. The van der Waals surface area contributed by atoms with E-state index in [1.165, 1.54) is 0 Å².